The summed E-state index contributed by atoms with van der Waals surface area (Å²) >= 11 is 0. The Kier molecular flexibility index (Phi) is 12.3. The van der Waals surface area contributed by atoms with Crippen molar-refractivity contribution >= 4 is 0 Å². The van der Waals surface area contributed by atoms with Gasteiger partial charge in [0, 0.05) is 5.56 Å². The molecular weight excluding hydrogens is 592 g/mol. The minimum Gasteiger partial charge on any atom is -0.491 e. The predicted octanol–water partition coefficient (Wildman–Crippen LogP) is 11.4. The molecule has 3 fully saturated rings. The average Bonchev–Trinajstić information content (AvgIpc) is 3.82. The number of hydrogen-bond donors (Lipinski definition) is 0. The molecule has 3 aromatic rings. The molecule has 3 aromatic carbocycles. The Balaban J connectivity index is 0.000000182. The van der Waals surface area contributed by atoms with Gasteiger partial charge in [-0.3, -0.25) is 0 Å². The quantitative estimate of drug-likeness (QED) is 0.206. The Morgan fingerprint density at radius 3 is 1.57 bits per heavy atom. The number of hydrogen-bond acceptors (Lipinski definition) is 3. The lowest BCUT2D eigenvalue weighted by molar-refractivity contribution is 0.151. The van der Waals surface area contributed by atoms with Crippen molar-refractivity contribution in [1.29, 1.82) is 0 Å². The van der Waals surface area contributed by atoms with E-state index in [1.165, 1.54) is 88.0 Å². The minimum atomic E-state index is -0.959. The first-order valence-electron chi connectivity index (χ1n) is 17.3. The first kappa shape index (κ1) is 34.1. The summed E-state index contributed by atoms with van der Waals surface area (Å²) in [5.74, 6) is -0.876. The Labute approximate surface area is 271 Å². The molecule has 0 amide bonds. The molecule has 0 unspecified atom stereocenters. The minimum absolute atomic E-state index is 0.00568. The third-order valence-corrected chi connectivity index (χ3v) is 10.1. The fourth-order valence-corrected chi connectivity index (χ4v) is 7.57. The highest BCUT2D eigenvalue weighted by molar-refractivity contribution is 5.65. The van der Waals surface area contributed by atoms with E-state index in [2.05, 4.69) is 0 Å². The lowest BCUT2D eigenvalue weighted by Crippen LogP contribution is -2.23. The predicted molar refractivity (Wildman–Crippen MR) is 175 cm³/mol. The van der Waals surface area contributed by atoms with Crippen molar-refractivity contribution in [2.45, 2.75) is 96.8 Å². The van der Waals surface area contributed by atoms with Gasteiger partial charge in [-0.15, -0.1) is 0 Å². The molecule has 0 heterocycles. The van der Waals surface area contributed by atoms with Crippen LogP contribution in [-0.4, -0.2) is 19.8 Å². The van der Waals surface area contributed by atoms with Crippen LogP contribution in [0.25, 0.3) is 11.1 Å². The molecular formula is C39H48F4O3. The zero-order valence-corrected chi connectivity index (χ0v) is 27.3. The van der Waals surface area contributed by atoms with E-state index in [4.69, 9.17) is 14.2 Å². The fourth-order valence-electron chi connectivity index (χ4n) is 7.57. The lowest BCUT2D eigenvalue weighted by atomic mass is 9.75. The lowest BCUT2D eigenvalue weighted by Gasteiger charge is -2.32. The highest BCUT2D eigenvalue weighted by Gasteiger charge is 2.30. The van der Waals surface area contributed by atoms with E-state index in [0.29, 0.717) is 37.2 Å². The van der Waals surface area contributed by atoms with E-state index in [1.807, 2.05) is 24.3 Å². The summed E-state index contributed by atoms with van der Waals surface area (Å²) in [5.41, 5.74) is 2.27. The zero-order chi connectivity index (χ0) is 32.5. The van der Waals surface area contributed by atoms with Crippen LogP contribution in [0.3, 0.4) is 0 Å². The van der Waals surface area contributed by atoms with Gasteiger partial charge in [0.2, 0.25) is 17.5 Å². The van der Waals surface area contributed by atoms with Gasteiger partial charge >= 0.3 is 0 Å². The van der Waals surface area contributed by atoms with Crippen LogP contribution in [0.15, 0.2) is 48.5 Å². The number of rotatable bonds is 10. The molecule has 0 radical (unpaired) electrons. The molecule has 0 saturated heterocycles. The SMILES string of the molecule is CCOc1ccc(-c2ccc(C3CCCC3)cc2)c(F)c1F.CCOc1ccc(OCC2CCC(C3CCCC3)CC2)c(F)c1F. The largest absolute Gasteiger partial charge is 0.491 e. The van der Waals surface area contributed by atoms with Gasteiger partial charge < -0.3 is 14.2 Å². The molecule has 46 heavy (non-hydrogen) atoms. The second kappa shape index (κ2) is 16.6. The van der Waals surface area contributed by atoms with Gasteiger partial charge in [0.05, 0.1) is 19.8 Å². The Morgan fingerprint density at radius 2 is 1.00 bits per heavy atom. The summed E-state index contributed by atoms with van der Waals surface area (Å²) in [6.45, 7) is 4.57. The molecule has 3 aliphatic rings. The van der Waals surface area contributed by atoms with Gasteiger partial charge in [-0.25, -0.2) is 4.39 Å². The van der Waals surface area contributed by atoms with Gasteiger partial charge in [-0.05, 0) is 111 Å². The summed E-state index contributed by atoms with van der Waals surface area (Å²) < 4.78 is 71.8. The highest BCUT2D eigenvalue weighted by Crippen LogP contribution is 2.41. The van der Waals surface area contributed by atoms with E-state index in [1.54, 1.807) is 19.9 Å². The molecule has 0 atom stereocenters. The topological polar surface area (TPSA) is 27.7 Å². The first-order valence-corrected chi connectivity index (χ1v) is 17.3. The van der Waals surface area contributed by atoms with Crippen molar-refractivity contribution in [3.05, 3.63) is 77.4 Å². The number of benzene rings is 3. The maximum atomic E-state index is 14.2. The van der Waals surface area contributed by atoms with Gasteiger partial charge in [0.1, 0.15) is 0 Å². The second-order valence-corrected chi connectivity index (χ2v) is 13.0. The Hall–Kier alpha value is -3.22. The summed E-state index contributed by atoms with van der Waals surface area (Å²) in [6, 6.07) is 13.8. The van der Waals surface area contributed by atoms with E-state index < -0.39 is 23.3 Å². The molecule has 3 aliphatic carbocycles. The normalized spacial score (nSPS) is 20.3. The van der Waals surface area contributed by atoms with Crippen LogP contribution in [-0.2, 0) is 0 Å². The first-order chi connectivity index (χ1) is 22.4. The molecule has 3 nitrogen and oxygen atoms in total. The van der Waals surface area contributed by atoms with Crippen LogP contribution in [0, 0.1) is 41.0 Å². The van der Waals surface area contributed by atoms with Crippen molar-refractivity contribution in [2.24, 2.45) is 17.8 Å². The fraction of sp³-hybridized carbons (Fsp3) is 0.538. The van der Waals surface area contributed by atoms with Crippen LogP contribution in [0.1, 0.15) is 102 Å². The van der Waals surface area contributed by atoms with Gasteiger partial charge in [0.15, 0.2) is 23.1 Å². The standard InChI is InChI=1S/C20H28F2O2.C19H20F2O/c1-2-23-17-11-12-18(20(22)19(17)21)24-13-14-7-9-16(10-8-14)15-5-3-4-6-15;1-2-22-17-12-11-16(18(20)19(17)21)15-9-7-14(8-10-15)13-5-3-4-6-13/h11-12,14-16H,2-10,13H2,1H3;7-13H,2-6H2,1H3. The molecule has 3 saturated carbocycles. The molecule has 0 bridgehead atoms. The van der Waals surface area contributed by atoms with Gasteiger partial charge in [-0.2, -0.15) is 13.2 Å². The molecule has 0 aliphatic heterocycles. The van der Waals surface area contributed by atoms with Crippen LogP contribution in [0.4, 0.5) is 17.6 Å². The van der Waals surface area contributed by atoms with Gasteiger partial charge in [-0.1, -0.05) is 62.8 Å². The van der Waals surface area contributed by atoms with Crippen molar-refractivity contribution < 1.29 is 31.8 Å². The molecule has 0 N–H and O–H groups in total. The summed E-state index contributed by atoms with van der Waals surface area (Å²) in [5, 5.41) is 0. The number of halogens is 4. The van der Waals surface area contributed by atoms with E-state index >= 15 is 0 Å². The zero-order valence-electron chi connectivity index (χ0n) is 27.3. The summed E-state index contributed by atoms with van der Waals surface area (Å²) in [4.78, 5) is 0. The summed E-state index contributed by atoms with van der Waals surface area (Å²) in [7, 11) is 0. The molecule has 0 spiro atoms. The second-order valence-electron chi connectivity index (χ2n) is 13.0. The summed E-state index contributed by atoms with van der Waals surface area (Å²) in [6.07, 6.45) is 15.4. The smallest absolute Gasteiger partial charge is 0.204 e. The highest BCUT2D eigenvalue weighted by atomic mass is 19.2. The van der Waals surface area contributed by atoms with Crippen LogP contribution in [0.2, 0.25) is 0 Å². The Bertz CT molecular complexity index is 1390. The maximum absolute atomic E-state index is 14.2. The van der Waals surface area contributed by atoms with Crippen molar-refractivity contribution in [2.75, 3.05) is 19.8 Å². The third-order valence-electron chi connectivity index (χ3n) is 10.1. The van der Waals surface area contributed by atoms with Crippen LogP contribution >= 0.6 is 0 Å². The molecule has 250 valence electrons. The van der Waals surface area contributed by atoms with Crippen LogP contribution in [0.5, 0.6) is 17.2 Å². The van der Waals surface area contributed by atoms with Crippen molar-refractivity contribution in [1.82, 2.24) is 0 Å². The van der Waals surface area contributed by atoms with Crippen LogP contribution < -0.4 is 14.2 Å². The van der Waals surface area contributed by atoms with Crippen molar-refractivity contribution in [3.8, 4) is 28.4 Å². The van der Waals surface area contributed by atoms with E-state index in [0.717, 1.165) is 24.7 Å². The maximum Gasteiger partial charge on any atom is 0.204 e. The molecule has 0 aromatic heterocycles. The molecule has 7 heteroatoms. The average molecular weight is 641 g/mol. The molecule has 6 rings (SSSR count). The monoisotopic (exact) mass is 640 g/mol. The Morgan fingerprint density at radius 1 is 0.522 bits per heavy atom. The van der Waals surface area contributed by atoms with E-state index in [9.17, 15) is 17.6 Å². The van der Waals surface area contributed by atoms with Crippen molar-refractivity contribution in [3.63, 3.8) is 0 Å². The third kappa shape index (κ3) is 8.38. The van der Waals surface area contributed by atoms with Gasteiger partial charge in [0.25, 0.3) is 0 Å². The van der Waals surface area contributed by atoms with E-state index in [-0.39, 0.29) is 22.8 Å². The number of ether oxygens (including phenoxy) is 3.